The summed E-state index contributed by atoms with van der Waals surface area (Å²) in [5, 5.41) is 4.14. The molecule has 1 aromatic heterocycles. The van der Waals surface area contributed by atoms with Crippen LogP contribution < -0.4 is 5.32 Å². The standard InChI is InChI=1S/C18H23ClN2/c1-18(2,3)15-6-4-14(5-7-15)12-20-11-10-17-9-8-16(19)13-21-17/h4-9,13,20H,10-12H2,1-3H3. The maximum atomic E-state index is 5.82. The van der Waals surface area contributed by atoms with Crippen LogP contribution in [0.3, 0.4) is 0 Å². The Balaban J connectivity index is 1.77. The van der Waals surface area contributed by atoms with Crippen molar-refractivity contribution < 1.29 is 0 Å². The number of aromatic nitrogens is 1. The molecule has 0 aliphatic carbocycles. The van der Waals surface area contributed by atoms with Gasteiger partial charge in [-0.25, -0.2) is 0 Å². The van der Waals surface area contributed by atoms with E-state index in [2.05, 4.69) is 55.3 Å². The lowest BCUT2D eigenvalue weighted by atomic mass is 9.87. The summed E-state index contributed by atoms with van der Waals surface area (Å²) in [4.78, 5) is 4.29. The molecule has 0 saturated heterocycles. The van der Waals surface area contributed by atoms with E-state index in [1.807, 2.05) is 12.1 Å². The molecule has 0 aliphatic rings. The molecule has 0 amide bonds. The average molecular weight is 303 g/mol. The topological polar surface area (TPSA) is 24.9 Å². The summed E-state index contributed by atoms with van der Waals surface area (Å²) >= 11 is 5.82. The van der Waals surface area contributed by atoms with Gasteiger partial charge in [-0.1, -0.05) is 56.6 Å². The number of halogens is 1. The summed E-state index contributed by atoms with van der Waals surface area (Å²) < 4.78 is 0. The van der Waals surface area contributed by atoms with E-state index in [0.29, 0.717) is 5.02 Å². The molecule has 0 fully saturated rings. The van der Waals surface area contributed by atoms with E-state index in [0.717, 1.165) is 25.2 Å². The first-order valence-corrected chi connectivity index (χ1v) is 7.73. The minimum Gasteiger partial charge on any atom is -0.312 e. The van der Waals surface area contributed by atoms with Crippen molar-refractivity contribution >= 4 is 11.6 Å². The van der Waals surface area contributed by atoms with Crippen molar-refractivity contribution in [2.75, 3.05) is 6.54 Å². The fraction of sp³-hybridized carbons (Fsp3) is 0.389. The zero-order chi connectivity index (χ0) is 15.3. The Bertz CT molecular complexity index is 553. The molecular formula is C18H23ClN2. The third kappa shape index (κ3) is 5.14. The smallest absolute Gasteiger partial charge is 0.0589 e. The Hall–Kier alpha value is -1.38. The first-order valence-electron chi connectivity index (χ1n) is 7.36. The summed E-state index contributed by atoms with van der Waals surface area (Å²) in [5.41, 5.74) is 3.96. The molecule has 2 nitrogen and oxygen atoms in total. The highest BCUT2D eigenvalue weighted by Gasteiger charge is 2.12. The first-order chi connectivity index (χ1) is 9.95. The van der Waals surface area contributed by atoms with E-state index in [-0.39, 0.29) is 5.41 Å². The highest BCUT2D eigenvalue weighted by molar-refractivity contribution is 6.30. The van der Waals surface area contributed by atoms with Crippen molar-refractivity contribution in [3.63, 3.8) is 0 Å². The van der Waals surface area contributed by atoms with Gasteiger partial charge in [0.05, 0.1) is 5.02 Å². The summed E-state index contributed by atoms with van der Waals surface area (Å²) in [5.74, 6) is 0. The summed E-state index contributed by atoms with van der Waals surface area (Å²) in [6, 6.07) is 12.7. The van der Waals surface area contributed by atoms with Crippen LogP contribution in [-0.2, 0) is 18.4 Å². The number of nitrogens with zero attached hydrogens (tertiary/aromatic N) is 1. The van der Waals surface area contributed by atoms with Crippen molar-refractivity contribution in [2.24, 2.45) is 0 Å². The number of benzene rings is 1. The molecule has 21 heavy (non-hydrogen) atoms. The van der Waals surface area contributed by atoms with Crippen molar-refractivity contribution in [1.29, 1.82) is 0 Å². The molecule has 0 spiro atoms. The molecule has 1 aromatic carbocycles. The third-order valence-electron chi connectivity index (χ3n) is 3.50. The van der Waals surface area contributed by atoms with Gasteiger partial charge in [0.15, 0.2) is 0 Å². The van der Waals surface area contributed by atoms with Gasteiger partial charge in [0, 0.05) is 31.4 Å². The van der Waals surface area contributed by atoms with Crippen molar-refractivity contribution in [2.45, 2.75) is 39.2 Å². The van der Waals surface area contributed by atoms with Gasteiger partial charge in [0.2, 0.25) is 0 Å². The normalized spacial score (nSPS) is 11.6. The van der Waals surface area contributed by atoms with Crippen LogP contribution in [0.2, 0.25) is 5.02 Å². The number of rotatable bonds is 5. The van der Waals surface area contributed by atoms with E-state index >= 15 is 0 Å². The monoisotopic (exact) mass is 302 g/mol. The first kappa shape index (κ1) is 16.0. The van der Waals surface area contributed by atoms with Crippen molar-refractivity contribution in [3.05, 3.63) is 64.4 Å². The molecular weight excluding hydrogens is 280 g/mol. The van der Waals surface area contributed by atoms with Gasteiger partial charge in [-0.2, -0.15) is 0 Å². The van der Waals surface area contributed by atoms with Gasteiger partial charge in [-0.15, -0.1) is 0 Å². The Kier molecular flexibility index (Phi) is 5.38. The van der Waals surface area contributed by atoms with Crippen LogP contribution in [0.1, 0.15) is 37.6 Å². The maximum absolute atomic E-state index is 5.82. The minimum absolute atomic E-state index is 0.214. The lowest BCUT2D eigenvalue weighted by Crippen LogP contribution is -2.17. The lowest BCUT2D eigenvalue weighted by Gasteiger charge is -2.19. The Morgan fingerprint density at radius 2 is 1.76 bits per heavy atom. The zero-order valence-electron chi connectivity index (χ0n) is 13.0. The van der Waals surface area contributed by atoms with Gasteiger partial charge in [-0.05, 0) is 28.7 Å². The van der Waals surface area contributed by atoms with Crippen LogP contribution in [-0.4, -0.2) is 11.5 Å². The lowest BCUT2D eigenvalue weighted by molar-refractivity contribution is 0.589. The van der Waals surface area contributed by atoms with Crippen LogP contribution in [0.25, 0.3) is 0 Å². The summed E-state index contributed by atoms with van der Waals surface area (Å²) in [6.07, 6.45) is 2.61. The second kappa shape index (κ2) is 7.06. The number of pyridine rings is 1. The van der Waals surface area contributed by atoms with Crippen LogP contribution in [0.5, 0.6) is 0 Å². The van der Waals surface area contributed by atoms with Gasteiger partial charge < -0.3 is 5.32 Å². The molecule has 0 saturated carbocycles. The highest BCUT2D eigenvalue weighted by atomic mass is 35.5. The van der Waals surface area contributed by atoms with E-state index in [1.54, 1.807) is 6.20 Å². The van der Waals surface area contributed by atoms with Crippen LogP contribution in [0, 0.1) is 0 Å². The fourth-order valence-corrected chi connectivity index (χ4v) is 2.24. The Morgan fingerprint density at radius 1 is 1.05 bits per heavy atom. The zero-order valence-corrected chi connectivity index (χ0v) is 13.7. The highest BCUT2D eigenvalue weighted by Crippen LogP contribution is 2.22. The third-order valence-corrected chi connectivity index (χ3v) is 3.72. The SMILES string of the molecule is CC(C)(C)c1ccc(CNCCc2ccc(Cl)cn2)cc1. The predicted octanol–water partition coefficient (Wildman–Crippen LogP) is 4.36. The molecule has 0 bridgehead atoms. The van der Waals surface area contributed by atoms with E-state index in [4.69, 9.17) is 11.6 Å². The number of hydrogen-bond acceptors (Lipinski definition) is 2. The largest absolute Gasteiger partial charge is 0.312 e. The van der Waals surface area contributed by atoms with E-state index < -0.39 is 0 Å². The quantitative estimate of drug-likeness (QED) is 0.830. The van der Waals surface area contributed by atoms with Gasteiger partial charge in [0.1, 0.15) is 0 Å². The molecule has 1 N–H and O–H groups in total. The van der Waals surface area contributed by atoms with E-state index in [9.17, 15) is 0 Å². The average Bonchev–Trinajstić information content (AvgIpc) is 2.45. The maximum Gasteiger partial charge on any atom is 0.0589 e. The number of nitrogens with one attached hydrogen (secondary N) is 1. The predicted molar refractivity (Wildman–Crippen MR) is 89.8 cm³/mol. The van der Waals surface area contributed by atoms with Gasteiger partial charge in [-0.3, -0.25) is 4.98 Å². The van der Waals surface area contributed by atoms with Crippen LogP contribution in [0.4, 0.5) is 0 Å². The van der Waals surface area contributed by atoms with Gasteiger partial charge >= 0.3 is 0 Å². The summed E-state index contributed by atoms with van der Waals surface area (Å²) in [6.45, 7) is 8.51. The number of hydrogen-bond donors (Lipinski definition) is 1. The fourth-order valence-electron chi connectivity index (χ4n) is 2.13. The molecule has 0 aliphatic heterocycles. The molecule has 1 heterocycles. The van der Waals surface area contributed by atoms with Crippen molar-refractivity contribution in [3.8, 4) is 0 Å². The summed E-state index contributed by atoms with van der Waals surface area (Å²) in [7, 11) is 0. The molecule has 0 atom stereocenters. The van der Waals surface area contributed by atoms with Crippen LogP contribution in [0.15, 0.2) is 42.6 Å². The molecule has 0 unspecified atom stereocenters. The molecule has 2 rings (SSSR count). The van der Waals surface area contributed by atoms with E-state index in [1.165, 1.54) is 11.1 Å². The minimum atomic E-state index is 0.214. The van der Waals surface area contributed by atoms with Gasteiger partial charge in [0.25, 0.3) is 0 Å². The molecule has 112 valence electrons. The molecule has 2 aromatic rings. The molecule has 0 radical (unpaired) electrons. The Morgan fingerprint density at radius 3 is 2.33 bits per heavy atom. The van der Waals surface area contributed by atoms with Crippen LogP contribution >= 0.6 is 11.6 Å². The second-order valence-electron chi connectivity index (χ2n) is 6.34. The Labute approximate surface area is 132 Å². The second-order valence-corrected chi connectivity index (χ2v) is 6.78. The van der Waals surface area contributed by atoms with Crippen molar-refractivity contribution in [1.82, 2.24) is 10.3 Å². The molecule has 3 heteroatoms.